The van der Waals surface area contributed by atoms with Gasteiger partial charge in [0, 0.05) is 10.8 Å². The third-order valence-electron chi connectivity index (χ3n) is 22.5. The van der Waals surface area contributed by atoms with Gasteiger partial charge in [-0.15, -0.1) is 0 Å². The largest absolute Gasteiger partial charge is 0.456 e. The second kappa shape index (κ2) is 22.5. The summed E-state index contributed by atoms with van der Waals surface area (Å²) in [5.41, 5.74) is 19.0. The lowest BCUT2D eigenvalue weighted by atomic mass is 9.83. The molecular weight excluding hydrogens is 1240 g/mol. The topological polar surface area (TPSA) is 13.1 Å². The zero-order chi connectivity index (χ0) is 67.4. The summed E-state index contributed by atoms with van der Waals surface area (Å²) in [6.07, 6.45) is 0. The van der Waals surface area contributed by atoms with E-state index in [4.69, 9.17) is 4.42 Å². The molecule has 1 aromatic heterocycles. The Kier molecular flexibility index (Phi) is 12.6. The van der Waals surface area contributed by atoms with E-state index in [1.165, 1.54) is 207 Å². The van der Waals surface area contributed by atoms with Gasteiger partial charge in [-0.25, -0.2) is 0 Å². The molecular formula is C102H60O. The van der Waals surface area contributed by atoms with Gasteiger partial charge in [-0.2, -0.15) is 0 Å². The van der Waals surface area contributed by atoms with Crippen molar-refractivity contribution in [2.45, 2.75) is 0 Å². The number of hydrogen-bond donors (Lipinski definition) is 0. The first-order valence-corrected chi connectivity index (χ1v) is 35.8. The number of para-hydroxylation sites is 1. The Morgan fingerprint density at radius 1 is 0.126 bits per heavy atom. The average molecular weight is 1300 g/mol. The molecule has 1 nitrogen and oxygen atoms in total. The Labute approximate surface area is 593 Å². The molecule has 22 rings (SSSR count). The lowest BCUT2D eigenvalue weighted by molar-refractivity contribution is 0.669. The predicted octanol–water partition coefficient (Wildman–Crippen LogP) is 29.1. The third-order valence-corrected chi connectivity index (χ3v) is 22.5. The average Bonchev–Trinajstić information content (AvgIpc) is 0.972. The second-order valence-electron chi connectivity index (χ2n) is 28.0. The molecule has 0 bridgehead atoms. The van der Waals surface area contributed by atoms with Gasteiger partial charge in [0.15, 0.2) is 0 Å². The van der Waals surface area contributed by atoms with Crippen LogP contribution in [0.15, 0.2) is 368 Å². The van der Waals surface area contributed by atoms with Crippen LogP contribution in [0.3, 0.4) is 0 Å². The first-order chi connectivity index (χ1) is 51.1. The predicted molar refractivity (Wildman–Crippen MR) is 442 cm³/mol. The summed E-state index contributed by atoms with van der Waals surface area (Å²) < 4.78 is 6.27. The van der Waals surface area contributed by atoms with Crippen LogP contribution in [0.2, 0.25) is 0 Å². The lowest BCUT2D eigenvalue weighted by Gasteiger charge is -2.20. The van der Waals surface area contributed by atoms with Gasteiger partial charge in [0.05, 0.1) is 0 Å². The van der Waals surface area contributed by atoms with Crippen molar-refractivity contribution in [2.24, 2.45) is 0 Å². The van der Waals surface area contributed by atoms with Gasteiger partial charge in [-0.05, 0) is 268 Å². The molecule has 474 valence electrons. The van der Waals surface area contributed by atoms with Crippen molar-refractivity contribution in [1.29, 1.82) is 0 Å². The summed E-state index contributed by atoms with van der Waals surface area (Å²) in [6, 6.07) is 136. The zero-order valence-corrected chi connectivity index (χ0v) is 56.0. The number of rotatable bonds is 7. The van der Waals surface area contributed by atoms with Gasteiger partial charge in [0.2, 0.25) is 0 Å². The molecule has 0 aliphatic heterocycles. The fourth-order valence-corrected chi connectivity index (χ4v) is 17.9. The molecule has 21 aromatic carbocycles. The maximum atomic E-state index is 6.27. The summed E-state index contributed by atoms with van der Waals surface area (Å²) in [6.45, 7) is 0. The van der Waals surface area contributed by atoms with Crippen molar-refractivity contribution < 1.29 is 4.42 Å². The fourth-order valence-electron chi connectivity index (χ4n) is 17.9. The minimum absolute atomic E-state index is 0.904. The first kappa shape index (κ1) is 57.4. The first-order valence-electron chi connectivity index (χ1n) is 35.8. The van der Waals surface area contributed by atoms with E-state index < -0.39 is 0 Å². The second-order valence-corrected chi connectivity index (χ2v) is 28.0. The maximum Gasteiger partial charge on any atom is 0.135 e. The molecule has 0 saturated carbocycles. The summed E-state index contributed by atoms with van der Waals surface area (Å²) in [4.78, 5) is 0. The van der Waals surface area contributed by atoms with Crippen molar-refractivity contribution in [3.63, 3.8) is 0 Å². The Hall–Kier alpha value is -13.5. The maximum absolute atomic E-state index is 6.27. The standard InChI is InChI=1S/C102H60O/c1-2-20-73-61(19-1)37-38-62-39-46-71(59-91(62)73)100-84-30-11-9-28-82(84)99(83-29-10-12-31-85(83)100)70-47-41-63-53-65(42-40-64(63)54-70)92-55-67-43-44-68(56-93(67)78-24-6-5-23-77(78)92)94-57-69-45-48-72(60-95(69)80-26-8-7-25-79(80)94)101-86-32-13-15-34-88(86)102(89-35-16-14-33-87(89)101)90-51-50-74(75-21-3-4-22-76(75)90)66-49-52-98-96(58-66)81-27-17-18-36-97(81)103-98/h1-60H. The minimum Gasteiger partial charge on any atom is -0.456 e. The molecule has 0 saturated heterocycles. The molecule has 1 heterocycles. The number of furan rings is 1. The normalized spacial score (nSPS) is 12.1. The summed E-state index contributed by atoms with van der Waals surface area (Å²) in [5, 5.41) is 32.0. The van der Waals surface area contributed by atoms with Gasteiger partial charge >= 0.3 is 0 Å². The van der Waals surface area contributed by atoms with Gasteiger partial charge in [0.25, 0.3) is 0 Å². The fraction of sp³-hybridized carbons (Fsp3) is 0. The minimum atomic E-state index is 0.904. The van der Waals surface area contributed by atoms with E-state index in [9.17, 15) is 0 Å². The van der Waals surface area contributed by atoms with Crippen molar-refractivity contribution in [2.75, 3.05) is 0 Å². The van der Waals surface area contributed by atoms with Crippen LogP contribution < -0.4 is 0 Å². The molecule has 0 radical (unpaired) electrons. The van der Waals surface area contributed by atoms with Crippen LogP contribution in [-0.2, 0) is 0 Å². The SMILES string of the molecule is c1ccc2c(c1)ccc1ccc(-c3c4ccccc4c(-c4ccc5cc(-c6cc7ccc(-c8cc9ccc(-c%10c%11ccccc%11c(-c%11ccc(-c%12ccc%13oc%14ccccc%14c%13c%12)c%12ccccc%11%12)c%11ccccc%10%11)cc9c9ccccc89)cc7c7ccccc67)ccc5c4)c4ccccc34)cc12. The summed E-state index contributed by atoms with van der Waals surface area (Å²) >= 11 is 0. The van der Waals surface area contributed by atoms with Crippen LogP contribution in [0.4, 0.5) is 0 Å². The lowest BCUT2D eigenvalue weighted by Crippen LogP contribution is -1.93. The van der Waals surface area contributed by atoms with E-state index in [0.29, 0.717) is 0 Å². The number of hydrogen-bond acceptors (Lipinski definition) is 1. The van der Waals surface area contributed by atoms with E-state index in [-0.39, 0.29) is 0 Å². The highest BCUT2D eigenvalue weighted by Gasteiger charge is 2.23. The van der Waals surface area contributed by atoms with Gasteiger partial charge in [0.1, 0.15) is 11.2 Å². The molecule has 0 aliphatic rings. The van der Waals surface area contributed by atoms with Crippen molar-refractivity contribution >= 4 is 151 Å². The van der Waals surface area contributed by atoms with Crippen LogP contribution >= 0.6 is 0 Å². The van der Waals surface area contributed by atoms with Gasteiger partial charge < -0.3 is 4.42 Å². The molecule has 0 atom stereocenters. The number of fused-ring (bicyclic) bond motifs is 18. The van der Waals surface area contributed by atoms with E-state index in [2.05, 4.69) is 358 Å². The highest BCUT2D eigenvalue weighted by atomic mass is 16.3. The smallest absolute Gasteiger partial charge is 0.135 e. The van der Waals surface area contributed by atoms with Crippen molar-refractivity contribution in [1.82, 2.24) is 0 Å². The van der Waals surface area contributed by atoms with Crippen LogP contribution in [-0.4, -0.2) is 0 Å². The van der Waals surface area contributed by atoms with Gasteiger partial charge in [-0.1, -0.05) is 303 Å². The van der Waals surface area contributed by atoms with Crippen LogP contribution in [0, 0.1) is 0 Å². The Morgan fingerprint density at radius 3 is 0.942 bits per heavy atom. The third kappa shape index (κ3) is 8.86. The molecule has 0 N–H and O–H groups in total. The molecule has 0 unspecified atom stereocenters. The highest BCUT2D eigenvalue weighted by molar-refractivity contribution is 6.27. The Bertz CT molecular complexity index is 7310. The molecule has 103 heavy (non-hydrogen) atoms. The Balaban J connectivity index is 0.623. The molecule has 0 aliphatic carbocycles. The van der Waals surface area contributed by atoms with Crippen LogP contribution in [0.1, 0.15) is 0 Å². The van der Waals surface area contributed by atoms with E-state index in [1.807, 2.05) is 6.07 Å². The van der Waals surface area contributed by atoms with Crippen molar-refractivity contribution in [3.05, 3.63) is 364 Å². The summed E-state index contributed by atoms with van der Waals surface area (Å²) in [5.74, 6) is 0. The molecule has 22 aromatic rings. The zero-order valence-electron chi connectivity index (χ0n) is 56.0. The molecule has 0 spiro atoms. The molecule has 0 amide bonds. The summed E-state index contributed by atoms with van der Waals surface area (Å²) in [7, 11) is 0. The quantitative estimate of drug-likeness (QED) is 0.114. The van der Waals surface area contributed by atoms with Crippen LogP contribution in [0.25, 0.3) is 229 Å². The van der Waals surface area contributed by atoms with E-state index in [0.717, 1.165) is 21.9 Å². The number of benzene rings is 21. The monoisotopic (exact) mass is 1300 g/mol. The Morgan fingerprint density at radius 2 is 0.417 bits per heavy atom. The van der Waals surface area contributed by atoms with E-state index in [1.54, 1.807) is 0 Å². The van der Waals surface area contributed by atoms with Gasteiger partial charge in [-0.3, -0.25) is 0 Å². The highest BCUT2D eigenvalue weighted by Crippen LogP contribution is 2.51. The van der Waals surface area contributed by atoms with Crippen molar-refractivity contribution in [3.8, 4) is 77.9 Å². The molecule has 1 heteroatoms. The van der Waals surface area contributed by atoms with E-state index >= 15 is 0 Å². The van der Waals surface area contributed by atoms with Crippen LogP contribution in [0.5, 0.6) is 0 Å². The molecule has 0 fully saturated rings.